The Hall–Kier alpha value is -1.06. The SMILES string of the molecule is CC(=O)N(C)CC(=O)OC1CC2CCC1(C)C2(C)C. The van der Waals surface area contributed by atoms with Crippen molar-refractivity contribution >= 4 is 11.9 Å². The highest BCUT2D eigenvalue weighted by molar-refractivity contribution is 5.80. The second-order valence-electron chi connectivity index (χ2n) is 6.96. The number of carbonyl (C=O) groups excluding carboxylic acids is 2. The Morgan fingerprint density at radius 2 is 1.95 bits per heavy atom. The van der Waals surface area contributed by atoms with Crippen LogP contribution in [0.5, 0.6) is 0 Å². The highest BCUT2D eigenvalue weighted by atomic mass is 16.5. The molecule has 2 rings (SSSR count). The van der Waals surface area contributed by atoms with Crippen molar-refractivity contribution in [3.05, 3.63) is 0 Å². The van der Waals surface area contributed by atoms with Crippen molar-refractivity contribution in [1.82, 2.24) is 4.90 Å². The van der Waals surface area contributed by atoms with Crippen molar-refractivity contribution in [2.24, 2.45) is 16.7 Å². The highest BCUT2D eigenvalue weighted by Crippen LogP contribution is 2.66. The summed E-state index contributed by atoms with van der Waals surface area (Å²) in [5.41, 5.74) is 0.326. The van der Waals surface area contributed by atoms with Gasteiger partial charge in [-0.25, -0.2) is 0 Å². The second-order valence-corrected chi connectivity index (χ2v) is 6.96. The van der Waals surface area contributed by atoms with Crippen LogP contribution in [0.4, 0.5) is 0 Å². The van der Waals surface area contributed by atoms with Gasteiger partial charge in [0, 0.05) is 19.4 Å². The second kappa shape index (κ2) is 4.50. The maximum atomic E-state index is 11.9. The average molecular weight is 267 g/mol. The van der Waals surface area contributed by atoms with Crippen molar-refractivity contribution in [1.29, 1.82) is 0 Å². The summed E-state index contributed by atoms with van der Waals surface area (Å²) in [6.07, 6.45) is 3.35. The molecule has 0 heterocycles. The summed E-state index contributed by atoms with van der Waals surface area (Å²) in [5, 5.41) is 0. The fourth-order valence-electron chi connectivity index (χ4n) is 3.81. The van der Waals surface area contributed by atoms with Gasteiger partial charge in [-0.2, -0.15) is 0 Å². The van der Waals surface area contributed by atoms with Gasteiger partial charge in [-0.15, -0.1) is 0 Å². The summed E-state index contributed by atoms with van der Waals surface area (Å²) >= 11 is 0. The molecule has 0 radical (unpaired) electrons. The van der Waals surface area contributed by atoms with Crippen LogP contribution in [0.15, 0.2) is 0 Å². The molecule has 0 aromatic heterocycles. The number of esters is 1. The fourth-order valence-corrected chi connectivity index (χ4v) is 3.81. The number of nitrogens with zero attached hydrogens (tertiary/aromatic N) is 1. The number of hydrogen-bond acceptors (Lipinski definition) is 3. The van der Waals surface area contributed by atoms with E-state index in [-0.39, 0.29) is 35.4 Å². The minimum atomic E-state index is -0.285. The molecule has 2 aliphatic carbocycles. The van der Waals surface area contributed by atoms with Gasteiger partial charge in [0.2, 0.25) is 5.91 Å². The number of hydrogen-bond donors (Lipinski definition) is 0. The molecule has 0 aliphatic heterocycles. The van der Waals surface area contributed by atoms with Crippen molar-refractivity contribution in [2.75, 3.05) is 13.6 Å². The van der Waals surface area contributed by atoms with E-state index < -0.39 is 0 Å². The first-order valence-corrected chi connectivity index (χ1v) is 7.09. The summed E-state index contributed by atoms with van der Waals surface area (Å²) in [6, 6.07) is 0. The Labute approximate surface area is 115 Å². The van der Waals surface area contributed by atoms with E-state index in [1.165, 1.54) is 18.2 Å². The molecule has 0 N–H and O–H groups in total. The summed E-state index contributed by atoms with van der Waals surface area (Å²) < 4.78 is 5.67. The summed E-state index contributed by atoms with van der Waals surface area (Å²) in [6.45, 7) is 8.33. The van der Waals surface area contributed by atoms with E-state index in [4.69, 9.17) is 4.74 Å². The molecule has 108 valence electrons. The smallest absolute Gasteiger partial charge is 0.325 e. The molecule has 0 saturated heterocycles. The van der Waals surface area contributed by atoms with E-state index in [0.717, 1.165) is 12.8 Å². The van der Waals surface area contributed by atoms with E-state index in [1.54, 1.807) is 7.05 Å². The van der Waals surface area contributed by atoms with Crippen LogP contribution >= 0.6 is 0 Å². The number of likely N-dealkylation sites (N-methyl/N-ethyl adjacent to an activating group) is 1. The number of rotatable bonds is 3. The predicted molar refractivity (Wildman–Crippen MR) is 72.4 cm³/mol. The zero-order valence-electron chi connectivity index (χ0n) is 12.7. The molecule has 4 heteroatoms. The van der Waals surface area contributed by atoms with Crippen LogP contribution in [-0.2, 0) is 14.3 Å². The first-order chi connectivity index (χ1) is 8.68. The van der Waals surface area contributed by atoms with Gasteiger partial charge in [0.05, 0.1) is 0 Å². The van der Waals surface area contributed by atoms with Crippen LogP contribution in [0.2, 0.25) is 0 Å². The van der Waals surface area contributed by atoms with Gasteiger partial charge in [-0.1, -0.05) is 20.8 Å². The van der Waals surface area contributed by atoms with Gasteiger partial charge in [0.1, 0.15) is 12.6 Å². The molecule has 2 fully saturated rings. The molecule has 1 amide bonds. The molecule has 0 spiro atoms. The molecule has 3 unspecified atom stereocenters. The van der Waals surface area contributed by atoms with Gasteiger partial charge in [-0.05, 0) is 30.6 Å². The Morgan fingerprint density at radius 1 is 1.32 bits per heavy atom. The van der Waals surface area contributed by atoms with Crippen LogP contribution in [0.25, 0.3) is 0 Å². The van der Waals surface area contributed by atoms with Crippen molar-refractivity contribution < 1.29 is 14.3 Å². The maximum absolute atomic E-state index is 11.9. The van der Waals surface area contributed by atoms with E-state index in [0.29, 0.717) is 5.92 Å². The number of fused-ring (bicyclic) bond motifs is 2. The van der Waals surface area contributed by atoms with Crippen molar-refractivity contribution in [2.45, 2.75) is 53.1 Å². The minimum absolute atomic E-state index is 0.00843. The molecule has 3 atom stereocenters. The first-order valence-electron chi connectivity index (χ1n) is 7.09. The topological polar surface area (TPSA) is 46.6 Å². The standard InChI is InChI=1S/C15H25NO3/c1-10(17)16(5)9-13(18)19-12-8-11-6-7-15(12,4)14(11,2)3/h11-12H,6-9H2,1-5H3. The summed E-state index contributed by atoms with van der Waals surface area (Å²) in [5.74, 6) is 0.254. The molecular formula is C15H25NO3. The lowest BCUT2D eigenvalue weighted by Crippen LogP contribution is -2.40. The lowest BCUT2D eigenvalue weighted by molar-refractivity contribution is -0.159. The van der Waals surface area contributed by atoms with Gasteiger partial charge >= 0.3 is 5.97 Å². The van der Waals surface area contributed by atoms with Crippen LogP contribution in [-0.4, -0.2) is 36.5 Å². The molecule has 2 bridgehead atoms. The number of amides is 1. The van der Waals surface area contributed by atoms with Crippen LogP contribution < -0.4 is 0 Å². The van der Waals surface area contributed by atoms with Crippen LogP contribution in [0.3, 0.4) is 0 Å². The van der Waals surface area contributed by atoms with Crippen LogP contribution in [0, 0.1) is 16.7 Å². The number of ether oxygens (including phenoxy) is 1. The van der Waals surface area contributed by atoms with Crippen LogP contribution in [0.1, 0.15) is 47.0 Å². The Kier molecular flexibility index (Phi) is 3.40. The van der Waals surface area contributed by atoms with E-state index in [9.17, 15) is 9.59 Å². The zero-order valence-corrected chi connectivity index (χ0v) is 12.7. The quantitative estimate of drug-likeness (QED) is 0.737. The Bertz CT molecular complexity index is 404. The Morgan fingerprint density at radius 3 is 2.37 bits per heavy atom. The summed E-state index contributed by atoms with van der Waals surface area (Å²) in [7, 11) is 1.62. The maximum Gasteiger partial charge on any atom is 0.325 e. The monoisotopic (exact) mass is 267 g/mol. The fraction of sp³-hybridized carbons (Fsp3) is 0.867. The lowest BCUT2D eigenvalue weighted by atomic mass is 9.70. The van der Waals surface area contributed by atoms with E-state index >= 15 is 0 Å². The van der Waals surface area contributed by atoms with E-state index in [2.05, 4.69) is 20.8 Å². The third-order valence-corrected chi connectivity index (χ3v) is 5.89. The third-order valence-electron chi connectivity index (χ3n) is 5.89. The molecule has 2 aliphatic rings. The predicted octanol–water partition coefficient (Wildman–Crippen LogP) is 2.22. The normalized spacial score (nSPS) is 35.2. The molecular weight excluding hydrogens is 242 g/mol. The molecule has 4 nitrogen and oxygen atoms in total. The van der Waals surface area contributed by atoms with Gasteiger partial charge in [0.15, 0.2) is 0 Å². The van der Waals surface area contributed by atoms with Gasteiger partial charge in [0.25, 0.3) is 0 Å². The largest absolute Gasteiger partial charge is 0.460 e. The molecule has 19 heavy (non-hydrogen) atoms. The lowest BCUT2D eigenvalue weighted by Gasteiger charge is -2.38. The van der Waals surface area contributed by atoms with Crippen molar-refractivity contribution in [3.8, 4) is 0 Å². The zero-order chi connectivity index (χ0) is 14.4. The van der Waals surface area contributed by atoms with E-state index in [1.807, 2.05) is 0 Å². The Balaban J connectivity index is 1.99. The molecule has 2 saturated carbocycles. The summed E-state index contributed by atoms with van der Waals surface area (Å²) in [4.78, 5) is 24.4. The third kappa shape index (κ3) is 2.15. The molecule has 0 aromatic rings. The highest BCUT2D eigenvalue weighted by Gasteiger charge is 2.62. The average Bonchev–Trinajstić information content (AvgIpc) is 2.61. The van der Waals surface area contributed by atoms with Crippen molar-refractivity contribution in [3.63, 3.8) is 0 Å². The van der Waals surface area contributed by atoms with Gasteiger partial charge in [-0.3, -0.25) is 9.59 Å². The number of carbonyl (C=O) groups is 2. The minimum Gasteiger partial charge on any atom is -0.460 e. The van der Waals surface area contributed by atoms with Gasteiger partial charge < -0.3 is 9.64 Å². The molecule has 0 aromatic carbocycles. The first kappa shape index (κ1) is 14.4.